The number of pyridine rings is 1. The van der Waals surface area contributed by atoms with Crippen molar-refractivity contribution in [2.24, 2.45) is 0 Å². The van der Waals surface area contributed by atoms with E-state index < -0.39 is 6.16 Å². The van der Waals surface area contributed by atoms with Gasteiger partial charge in [-0.05, 0) is 47.7 Å². The number of aromatic nitrogens is 1. The standard InChI is InChI=1S/C20H17NO3/c1-13-5-3-4-6-17(13)15-7-9-16(10-8-15)18-11-12-21-19(14(18)2)24-20(22)23/h3-12H,1-2H3,(H,22,23). The first kappa shape index (κ1) is 15.7. The second-order valence-electron chi connectivity index (χ2n) is 5.55. The molecule has 0 aliphatic rings. The summed E-state index contributed by atoms with van der Waals surface area (Å²) in [6, 6.07) is 18.3. The number of rotatable bonds is 3. The van der Waals surface area contributed by atoms with Crippen LogP contribution in [-0.2, 0) is 0 Å². The van der Waals surface area contributed by atoms with Crippen molar-refractivity contribution in [3.8, 4) is 28.1 Å². The fourth-order valence-corrected chi connectivity index (χ4v) is 2.74. The quantitative estimate of drug-likeness (QED) is 0.683. The molecule has 0 bridgehead atoms. The molecule has 1 aromatic heterocycles. The van der Waals surface area contributed by atoms with Crippen molar-refractivity contribution in [3.63, 3.8) is 0 Å². The molecule has 4 nitrogen and oxygen atoms in total. The minimum atomic E-state index is -1.36. The Morgan fingerprint density at radius 1 is 0.917 bits per heavy atom. The molecule has 24 heavy (non-hydrogen) atoms. The lowest BCUT2D eigenvalue weighted by Crippen LogP contribution is -2.06. The van der Waals surface area contributed by atoms with E-state index in [1.807, 2.05) is 30.3 Å². The molecule has 0 spiro atoms. The second kappa shape index (κ2) is 6.54. The molecule has 0 amide bonds. The maximum Gasteiger partial charge on any atom is 0.512 e. The maximum absolute atomic E-state index is 10.7. The highest BCUT2D eigenvalue weighted by Gasteiger charge is 2.11. The molecule has 0 atom stereocenters. The fraction of sp³-hybridized carbons (Fsp3) is 0.100. The third kappa shape index (κ3) is 3.13. The van der Waals surface area contributed by atoms with Gasteiger partial charge in [0.15, 0.2) is 0 Å². The molecular weight excluding hydrogens is 302 g/mol. The summed E-state index contributed by atoms with van der Waals surface area (Å²) in [7, 11) is 0. The number of benzene rings is 2. The Labute approximate surface area is 140 Å². The number of ether oxygens (including phenoxy) is 1. The molecule has 0 fully saturated rings. The molecule has 1 heterocycles. The zero-order chi connectivity index (χ0) is 17.1. The van der Waals surface area contributed by atoms with Crippen molar-refractivity contribution < 1.29 is 14.6 Å². The summed E-state index contributed by atoms with van der Waals surface area (Å²) in [6.45, 7) is 3.89. The zero-order valence-electron chi connectivity index (χ0n) is 13.5. The summed E-state index contributed by atoms with van der Waals surface area (Å²) in [4.78, 5) is 14.7. The van der Waals surface area contributed by atoms with Gasteiger partial charge in [-0.25, -0.2) is 9.78 Å². The summed E-state index contributed by atoms with van der Waals surface area (Å²) in [5, 5.41) is 8.78. The number of hydrogen-bond donors (Lipinski definition) is 1. The molecule has 0 aliphatic carbocycles. The maximum atomic E-state index is 10.7. The first-order valence-corrected chi connectivity index (χ1v) is 7.59. The number of aryl methyl sites for hydroxylation is 1. The van der Waals surface area contributed by atoms with Crippen LogP contribution < -0.4 is 4.74 Å². The summed E-state index contributed by atoms with van der Waals surface area (Å²) in [5.41, 5.74) is 6.15. The third-order valence-electron chi connectivity index (χ3n) is 3.99. The first-order chi connectivity index (χ1) is 11.6. The van der Waals surface area contributed by atoms with Crippen molar-refractivity contribution in [3.05, 3.63) is 71.9 Å². The Hall–Kier alpha value is -3.14. The molecule has 0 aliphatic heterocycles. The van der Waals surface area contributed by atoms with E-state index in [9.17, 15) is 4.79 Å². The van der Waals surface area contributed by atoms with Crippen molar-refractivity contribution in [2.75, 3.05) is 0 Å². The average Bonchev–Trinajstić information content (AvgIpc) is 2.57. The molecule has 2 aromatic carbocycles. The molecule has 0 saturated carbocycles. The highest BCUT2D eigenvalue weighted by molar-refractivity contribution is 5.74. The average molecular weight is 319 g/mol. The third-order valence-corrected chi connectivity index (χ3v) is 3.99. The molecule has 1 N–H and O–H groups in total. The Bertz CT molecular complexity index is 886. The Kier molecular flexibility index (Phi) is 4.29. The van der Waals surface area contributed by atoms with E-state index in [2.05, 4.69) is 36.2 Å². The number of nitrogens with zero attached hydrogens (tertiary/aromatic N) is 1. The van der Waals surface area contributed by atoms with E-state index >= 15 is 0 Å². The molecule has 3 aromatic rings. The van der Waals surface area contributed by atoms with Gasteiger partial charge in [0.25, 0.3) is 0 Å². The van der Waals surface area contributed by atoms with E-state index in [0.29, 0.717) is 5.56 Å². The lowest BCUT2D eigenvalue weighted by Gasteiger charge is -2.11. The van der Waals surface area contributed by atoms with Gasteiger partial charge in [0, 0.05) is 11.8 Å². The van der Waals surface area contributed by atoms with Crippen molar-refractivity contribution in [1.82, 2.24) is 4.98 Å². The van der Waals surface area contributed by atoms with Gasteiger partial charge in [-0.1, -0.05) is 48.5 Å². The molecule has 120 valence electrons. The lowest BCUT2D eigenvalue weighted by molar-refractivity contribution is 0.142. The first-order valence-electron chi connectivity index (χ1n) is 7.59. The lowest BCUT2D eigenvalue weighted by atomic mass is 9.96. The number of carboxylic acid groups (broad SMARTS) is 1. The molecular formula is C20H17NO3. The van der Waals surface area contributed by atoms with Crippen LogP contribution in [0.15, 0.2) is 60.8 Å². The number of hydrogen-bond acceptors (Lipinski definition) is 3. The van der Waals surface area contributed by atoms with Gasteiger partial charge in [-0.2, -0.15) is 0 Å². The monoisotopic (exact) mass is 319 g/mol. The Morgan fingerprint density at radius 2 is 1.54 bits per heavy atom. The van der Waals surface area contributed by atoms with E-state index in [4.69, 9.17) is 9.84 Å². The molecule has 3 rings (SSSR count). The van der Waals surface area contributed by atoms with Gasteiger partial charge in [-0.3, -0.25) is 0 Å². The highest BCUT2D eigenvalue weighted by Crippen LogP contribution is 2.31. The minimum absolute atomic E-state index is 0.114. The molecule has 0 unspecified atom stereocenters. The van der Waals surface area contributed by atoms with Crippen LogP contribution in [0.3, 0.4) is 0 Å². The zero-order valence-corrected chi connectivity index (χ0v) is 13.5. The molecule has 0 radical (unpaired) electrons. The molecule has 4 heteroatoms. The Balaban J connectivity index is 1.97. The van der Waals surface area contributed by atoms with Crippen molar-refractivity contribution in [2.45, 2.75) is 13.8 Å². The normalized spacial score (nSPS) is 10.4. The van der Waals surface area contributed by atoms with Crippen LogP contribution in [-0.4, -0.2) is 16.2 Å². The number of carbonyl (C=O) groups is 1. The summed E-state index contributed by atoms with van der Waals surface area (Å²) >= 11 is 0. The van der Waals surface area contributed by atoms with Crippen LogP contribution in [0.4, 0.5) is 4.79 Å². The van der Waals surface area contributed by atoms with Gasteiger partial charge in [0.2, 0.25) is 5.88 Å². The second-order valence-corrected chi connectivity index (χ2v) is 5.55. The van der Waals surface area contributed by atoms with Gasteiger partial charge in [0.05, 0.1) is 0 Å². The highest BCUT2D eigenvalue weighted by atomic mass is 16.7. The van der Waals surface area contributed by atoms with Crippen LogP contribution in [0.1, 0.15) is 11.1 Å². The Morgan fingerprint density at radius 3 is 2.17 bits per heavy atom. The smallest absolute Gasteiger partial charge is 0.449 e. The SMILES string of the molecule is Cc1ccccc1-c1ccc(-c2ccnc(OC(=O)O)c2C)cc1. The van der Waals surface area contributed by atoms with Crippen LogP contribution >= 0.6 is 0 Å². The summed E-state index contributed by atoms with van der Waals surface area (Å²) in [5.74, 6) is 0.114. The van der Waals surface area contributed by atoms with Gasteiger partial charge in [0.1, 0.15) is 0 Å². The van der Waals surface area contributed by atoms with Gasteiger partial charge < -0.3 is 9.84 Å². The van der Waals surface area contributed by atoms with E-state index in [0.717, 1.165) is 16.7 Å². The molecule has 0 saturated heterocycles. The summed E-state index contributed by atoms with van der Waals surface area (Å²) < 4.78 is 4.72. The largest absolute Gasteiger partial charge is 0.512 e. The van der Waals surface area contributed by atoms with Crippen molar-refractivity contribution >= 4 is 6.16 Å². The van der Waals surface area contributed by atoms with E-state index in [-0.39, 0.29) is 5.88 Å². The van der Waals surface area contributed by atoms with Gasteiger partial charge in [-0.15, -0.1) is 0 Å². The summed E-state index contributed by atoms with van der Waals surface area (Å²) in [6.07, 6.45) is 0.188. The fourth-order valence-electron chi connectivity index (χ4n) is 2.74. The van der Waals surface area contributed by atoms with Crippen LogP contribution in [0.2, 0.25) is 0 Å². The van der Waals surface area contributed by atoms with Crippen LogP contribution in [0, 0.1) is 13.8 Å². The van der Waals surface area contributed by atoms with E-state index in [1.165, 1.54) is 11.1 Å². The topological polar surface area (TPSA) is 59.4 Å². The van der Waals surface area contributed by atoms with E-state index in [1.54, 1.807) is 13.1 Å². The predicted molar refractivity (Wildman–Crippen MR) is 93.2 cm³/mol. The van der Waals surface area contributed by atoms with Crippen LogP contribution in [0.5, 0.6) is 5.88 Å². The van der Waals surface area contributed by atoms with Crippen LogP contribution in [0.25, 0.3) is 22.3 Å². The predicted octanol–water partition coefficient (Wildman–Crippen LogP) is 5.09. The minimum Gasteiger partial charge on any atom is -0.449 e. The van der Waals surface area contributed by atoms with Crippen molar-refractivity contribution in [1.29, 1.82) is 0 Å². The van der Waals surface area contributed by atoms with Gasteiger partial charge >= 0.3 is 6.16 Å².